The van der Waals surface area contributed by atoms with Crippen molar-refractivity contribution >= 4 is 5.97 Å². The molecule has 5 heteroatoms. The molecule has 1 aromatic carbocycles. The monoisotopic (exact) mass is 273 g/mol. The summed E-state index contributed by atoms with van der Waals surface area (Å²) in [5.41, 5.74) is 6.10. The van der Waals surface area contributed by atoms with Gasteiger partial charge in [0, 0.05) is 6.42 Å². The van der Waals surface area contributed by atoms with Crippen LogP contribution in [-0.2, 0) is 16.0 Å². The number of para-hydroxylation sites is 1. The predicted molar refractivity (Wildman–Crippen MR) is 72.7 cm³/mol. The van der Waals surface area contributed by atoms with E-state index in [0.717, 1.165) is 0 Å². The van der Waals surface area contributed by atoms with E-state index in [-0.39, 0.29) is 6.61 Å². The first-order chi connectivity index (χ1) is 9.74. The molecule has 0 radical (unpaired) electrons. The van der Waals surface area contributed by atoms with Crippen molar-refractivity contribution < 1.29 is 18.7 Å². The zero-order valence-electron chi connectivity index (χ0n) is 10.8. The Bertz CT molecular complexity index is 561. The van der Waals surface area contributed by atoms with E-state index >= 15 is 0 Å². The van der Waals surface area contributed by atoms with E-state index in [0.29, 0.717) is 23.6 Å². The highest BCUT2D eigenvalue weighted by molar-refractivity contribution is 5.71. The molecular formula is C15H15NO4. The van der Waals surface area contributed by atoms with Gasteiger partial charge in [-0.2, -0.15) is 0 Å². The minimum Gasteiger partial charge on any atom is -0.482 e. The Morgan fingerprint density at radius 1 is 1.20 bits per heavy atom. The number of ether oxygens (including phenoxy) is 2. The zero-order chi connectivity index (χ0) is 14.2. The third-order valence-electron chi connectivity index (χ3n) is 2.40. The van der Waals surface area contributed by atoms with Gasteiger partial charge in [-0.1, -0.05) is 18.2 Å². The van der Waals surface area contributed by atoms with Gasteiger partial charge in [-0.3, -0.25) is 0 Å². The van der Waals surface area contributed by atoms with Gasteiger partial charge in [0.1, 0.15) is 17.8 Å². The van der Waals surface area contributed by atoms with Crippen LogP contribution < -0.4 is 10.5 Å². The highest BCUT2D eigenvalue weighted by Gasteiger charge is 2.04. The van der Waals surface area contributed by atoms with Crippen LogP contribution in [0.3, 0.4) is 0 Å². The molecule has 1 aromatic heterocycles. The van der Waals surface area contributed by atoms with Crippen molar-refractivity contribution in [1.82, 2.24) is 0 Å². The maximum Gasteiger partial charge on any atom is 0.349 e. The van der Waals surface area contributed by atoms with E-state index in [4.69, 9.17) is 19.6 Å². The van der Waals surface area contributed by atoms with Crippen LogP contribution in [0.2, 0.25) is 0 Å². The van der Waals surface area contributed by atoms with Crippen LogP contribution in [0.5, 0.6) is 5.75 Å². The van der Waals surface area contributed by atoms with Crippen molar-refractivity contribution in [3.05, 3.63) is 66.4 Å². The number of carbonyl (C=O) groups excluding carboxylic acids is 1. The summed E-state index contributed by atoms with van der Waals surface area (Å²) in [5.74, 6) is 0.795. The van der Waals surface area contributed by atoms with Crippen LogP contribution in [0.25, 0.3) is 0 Å². The summed E-state index contributed by atoms with van der Waals surface area (Å²) in [5, 5.41) is 0. The highest BCUT2D eigenvalue weighted by atomic mass is 16.6. The molecule has 0 aliphatic heterocycles. The average molecular weight is 273 g/mol. The molecule has 0 unspecified atom stereocenters. The molecule has 0 saturated carbocycles. The van der Waals surface area contributed by atoms with Gasteiger partial charge in [0.15, 0.2) is 6.61 Å². The number of rotatable bonds is 6. The topological polar surface area (TPSA) is 74.7 Å². The van der Waals surface area contributed by atoms with E-state index in [1.807, 2.05) is 18.2 Å². The van der Waals surface area contributed by atoms with Crippen molar-refractivity contribution in [3.8, 4) is 5.75 Å². The van der Waals surface area contributed by atoms with Crippen LogP contribution in [0.15, 0.2) is 65.1 Å². The summed E-state index contributed by atoms with van der Waals surface area (Å²) < 4.78 is 15.3. The van der Waals surface area contributed by atoms with Crippen LogP contribution in [0, 0.1) is 0 Å². The second kappa shape index (κ2) is 7.04. The number of furan rings is 1. The van der Waals surface area contributed by atoms with Gasteiger partial charge in [0.25, 0.3) is 0 Å². The molecule has 0 spiro atoms. The van der Waals surface area contributed by atoms with E-state index in [1.165, 1.54) is 6.26 Å². The molecule has 2 rings (SSSR count). The molecule has 1 heterocycles. The van der Waals surface area contributed by atoms with E-state index in [9.17, 15) is 4.79 Å². The van der Waals surface area contributed by atoms with E-state index < -0.39 is 5.97 Å². The fraction of sp³-hybridized carbons (Fsp3) is 0.133. The number of hydrogen-bond donors (Lipinski definition) is 1. The zero-order valence-corrected chi connectivity index (χ0v) is 10.8. The summed E-state index contributed by atoms with van der Waals surface area (Å²) in [6.45, 7) is -0.172. The second-order valence-electron chi connectivity index (χ2n) is 4.04. The first kappa shape index (κ1) is 13.7. The number of carbonyl (C=O) groups is 1. The molecule has 0 saturated heterocycles. The SMILES string of the molecule is N/C(=C\OC(=O)COc1ccccc1)Cc1ccco1. The lowest BCUT2D eigenvalue weighted by molar-refractivity contribution is -0.140. The fourth-order valence-electron chi connectivity index (χ4n) is 1.49. The standard InChI is InChI=1S/C15H15NO4/c16-12(9-14-7-4-8-18-14)10-20-15(17)11-19-13-5-2-1-3-6-13/h1-8,10H,9,11,16H2/b12-10-. The van der Waals surface area contributed by atoms with Crippen molar-refractivity contribution in [2.75, 3.05) is 6.61 Å². The van der Waals surface area contributed by atoms with Gasteiger partial charge in [-0.05, 0) is 24.3 Å². The molecule has 2 aromatic rings. The minimum atomic E-state index is -0.517. The maximum absolute atomic E-state index is 11.5. The maximum atomic E-state index is 11.5. The molecule has 0 atom stereocenters. The summed E-state index contributed by atoms with van der Waals surface area (Å²) in [7, 11) is 0. The lowest BCUT2D eigenvalue weighted by Crippen LogP contribution is -2.13. The molecule has 0 aliphatic carbocycles. The molecule has 0 fully saturated rings. The van der Waals surface area contributed by atoms with Crippen molar-refractivity contribution in [2.45, 2.75) is 6.42 Å². The van der Waals surface area contributed by atoms with Crippen molar-refractivity contribution in [3.63, 3.8) is 0 Å². The van der Waals surface area contributed by atoms with Crippen molar-refractivity contribution in [1.29, 1.82) is 0 Å². The summed E-state index contributed by atoms with van der Waals surface area (Å²) in [4.78, 5) is 11.5. The molecular weight excluding hydrogens is 258 g/mol. The van der Waals surface area contributed by atoms with Gasteiger partial charge in [0.2, 0.25) is 0 Å². The third kappa shape index (κ3) is 4.53. The first-order valence-corrected chi connectivity index (χ1v) is 6.08. The smallest absolute Gasteiger partial charge is 0.349 e. The van der Waals surface area contributed by atoms with Crippen LogP contribution in [-0.4, -0.2) is 12.6 Å². The Morgan fingerprint density at radius 3 is 2.70 bits per heavy atom. The Hall–Kier alpha value is -2.69. The minimum absolute atomic E-state index is 0.172. The quantitative estimate of drug-likeness (QED) is 0.645. The van der Waals surface area contributed by atoms with Crippen LogP contribution in [0.4, 0.5) is 0 Å². The van der Waals surface area contributed by atoms with E-state index in [1.54, 1.807) is 30.5 Å². The molecule has 0 bridgehead atoms. The Balaban J connectivity index is 1.74. The third-order valence-corrected chi connectivity index (χ3v) is 2.40. The highest BCUT2D eigenvalue weighted by Crippen LogP contribution is 2.08. The summed E-state index contributed by atoms with van der Waals surface area (Å²) in [6.07, 6.45) is 3.15. The normalized spacial score (nSPS) is 11.1. The fourth-order valence-corrected chi connectivity index (χ4v) is 1.49. The molecule has 2 N–H and O–H groups in total. The lowest BCUT2D eigenvalue weighted by atomic mass is 10.3. The molecule has 0 amide bonds. The van der Waals surface area contributed by atoms with Crippen LogP contribution >= 0.6 is 0 Å². The Kier molecular flexibility index (Phi) is 4.83. The molecule has 20 heavy (non-hydrogen) atoms. The lowest BCUT2D eigenvalue weighted by Gasteiger charge is -2.04. The predicted octanol–water partition coefficient (Wildman–Crippen LogP) is 2.24. The summed E-state index contributed by atoms with van der Waals surface area (Å²) >= 11 is 0. The van der Waals surface area contributed by atoms with Gasteiger partial charge >= 0.3 is 5.97 Å². The Morgan fingerprint density at radius 2 is 2.00 bits per heavy atom. The molecule has 5 nitrogen and oxygen atoms in total. The summed E-state index contributed by atoms with van der Waals surface area (Å²) in [6, 6.07) is 12.6. The number of allylic oxidation sites excluding steroid dienone is 1. The van der Waals surface area contributed by atoms with Crippen LogP contribution in [0.1, 0.15) is 5.76 Å². The van der Waals surface area contributed by atoms with Crippen molar-refractivity contribution in [2.24, 2.45) is 5.73 Å². The molecule has 104 valence electrons. The number of nitrogens with two attached hydrogens (primary N) is 1. The van der Waals surface area contributed by atoms with Gasteiger partial charge in [-0.25, -0.2) is 4.79 Å². The van der Waals surface area contributed by atoms with E-state index in [2.05, 4.69) is 0 Å². The average Bonchev–Trinajstić information content (AvgIpc) is 2.97. The number of esters is 1. The molecule has 0 aliphatic rings. The first-order valence-electron chi connectivity index (χ1n) is 6.08. The largest absolute Gasteiger partial charge is 0.482 e. The second-order valence-corrected chi connectivity index (χ2v) is 4.04. The van der Waals surface area contributed by atoms with Gasteiger partial charge < -0.3 is 19.6 Å². The van der Waals surface area contributed by atoms with Gasteiger partial charge in [-0.15, -0.1) is 0 Å². The Labute approximate surface area is 116 Å². The number of benzene rings is 1. The number of hydrogen-bond acceptors (Lipinski definition) is 5. The van der Waals surface area contributed by atoms with Gasteiger partial charge in [0.05, 0.1) is 12.0 Å².